The van der Waals surface area contributed by atoms with Gasteiger partial charge in [-0.3, -0.25) is 4.79 Å². The lowest BCUT2D eigenvalue weighted by molar-refractivity contribution is -0.140. The van der Waals surface area contributed by atoms with Gasteiger partial charge in [-0.1, -0.05) is 69.5 Å². The molecule has 4 heteroatoms. The number of alkyl halides is 1. The number of aliphatic hydroxyl groups is 1. The Morgan fingerprint density at radius 2 is 1.97 bits per heavy atom. The number of carbonyl (C=O) groups is 1. The Bertz CT molecular complexity index is 655. The summed E-state index contributed by atoms with van der Waals surface area (Å²) in [7, 11) is 1.43. The van der Waals surface area contributed by atoms with Crippen molar-refractivity contribution in [3.63, 3.8) is 0 Å². The van der Waals surface area contributed by atoms with Crippen LogP contribution >= 0.6 is 11.6 Å². The van der Waals surface area contributed by atoms with Crippen LogP contribution in [-0.2, 0) is 9.53 Å². The molecule has 0 spiro atoms. The van der Waals surface area contributed by atoms with Crippen molar-refractivity contribution < 1.29 is 14.6 Å². The average Bonchev–Trinajstić information content (AvgIpc) is 3.03. The summed E-state index contributed by atoms with van der Waals surface area (Å²) in [5.41, 5.74) is 2.35. The number of hydrogen-bond donors (Lipinski definition) is 1. The highest BCUT2D eigenvalue weighted by molar-refractivity contribution is 6.21. The summed E-state index contributed by atoms with van der Waals surface area (Å²) < 4.78 is 4.68. The summed E-state index contributed by atoms with van der Waals surface area (Å²) in [6, 6.07) is 8.59. The van der Waals surface area contributed by atoms with Crippen molar-refractivity contribution in [3.05, 3.63) is 47.5 Å². The summed E-state index contributed by atoms with van der Waals surface area (Å²) in [5, 5.41) is 10.6. The van der Waals surface area contributed by atoms with E-state index in [9.17, 15) is 9.90 Å². The van der Waals surface area contributed by atoms with Crippen LogP contribution in [0.2, 0.25) is 0 Å². The van der Waals surface area contributed by atoms with Crippen molar-refractivity contribution in [2.45, 2.75) is 89.0 Å². The third-order valence-corrected chi connectivity index (χ3v) is 6.98. The molecule has 1 saturated carbocycles. The lowest BCUT2D eigenvalue weighted by atomic mass is 9.82. The minimum atomic E-state index is -0.365. The van der Waals surface area contributed by atoms with Gasteiger partial charge in [0.1, 0.15) is 0 Å². The number of hydrogen-bond acceptors (Lipinski definition) is 3. The Morgan fingerprint density at radius 3 is 2.63 bits per heavy atom. The topological polar surface area (TPSA) is 46.5 Å². The fraction of sp³-hybridized carbons (Fsp3) is 0.654. The molecule has 2 rings (SSSR count). The maximum absolute atomic E-state index is 11.2. The average molecular weight is 435 g/mol. The molecule has 0 aromatic heterocycles. The van der Waals surface area contributed by atoms with Gasteiger partial charge in [0.05, 0.1) is 13.2 Å². The molecular weight excluding hydrogens is 396 g/mol. The third kappa shape index (κ3) is 7.42. The van der Waals surface area contributed by atoms with Crippen molar-refractivity contribution in [1.82, 2.24) is 0 Å². The summed E-state index contributed by atoms with van der Waals surface area (Å²) in [5.74, 6) is 1.26. The lowest BCUT2D eigenvalue weighted by Crippen LogP contribution is -2.15. The highest BCUT2D eigenvalue weighted by atomic mass is 35.5. The second kappa shape index (κ2) is 13.2. The summed E-state index contributed by atoms with van der Waals surface area (Å²) in [6.45, 7) is 4.48. The van der Waals surface area contributed by atoms with E-state index in [0.29, 0.717) is 24.2 Å². The van der Waals surface area contributed by atoms with Gasteiger partial charge in [0, 0.05) is 11.8 Å². The number of esters is 1. The second-order valence-corrected chi connectivity index (χ2v) is 9.33. The van der Waals surface area contributed by atoms with Crippen LogP contribution in [0.1, 0.15) is 94.8 Å². The van der Waals surface area contributed by atoms with E-state index in [1.807, 2.05) is 0 Å². The molecule has 0 saturated heterocycles. The van der Waals surface area contributed by atoms with Crippen LogP contribution in [0.3, 0.4) is 0 Å². The molecule has 168 valence electrons. The monoisotopic (exact) mass is 434 g/mol. The molecule has 1 aliphatic rings. The molecule has 1 fully saturated rings. The van der Waals surface area contributed by atoms with E-state index in [4.69, 9.17) is 11.6 Å². The first kappa shape index (κ1) is 24.9. The Kier molecular flexibility index (Phi) is 11.0. The molecule has 1 unspecified atom stereocenters. The molecule has 0 heterocycles. The maximum Gasteiger partial charge on any atom is 0.305 e. The van der Waals surface area contributed by atoms with E-state index >= 15 is 0 Å². The van der Waals surface area contributed by atoms with Gasteiger partial charge in [0.2, 0.25) is 0 Å². The molecule has 1 N–H and O–H groups in total. The van der Waals surface area contributed by atoms with Crippen LogP contribution in [0.15, 0.2) is 36.4 Å². The van der Waals surface area contributed by atoms with E-state index in [2.05, 4.69) is 55.0 Å². The minimum absolute atomic E-state index is 0.146. The largest absolute Gasteiger partial charge is 0.469 e. The van der Waals surface area contributed by atoms with Crippen LogP contribution in [-0.4, -0.2) is 23.6 Å². The Labute approximate surface area is 187 Å². The molecule has 1 aromatic rings. The quantitative estimate of drug-likeness (QED) is 0.168. The SMILES string of the molecule is CCCCCC(O)c1ccc([C@@H]2[C@@H](C/C=C\CCCC(=O)OC)[C@H](Cl)C[C@H]2C)cc1. The van der Waals surface area contributed by atoms with E-state index in [1.165, 1.54) is 25.5 Å². The van der Waals surface area contributed by atoms with Crippen LogP contribution in [0.5, 0.6) is 0 Å². The van der Waals surface area contributed by atoms with Gasteiger partial charge in [0.15, 0.2) is 0 Å². The smallest absolute Gasteiger partial charge is 0.305 e. The third-order valence-electron chi connectivity index (χ3n) is 6.48. The van der Waals surface area contributed by atoms with Crippen molar-refractivity contribution in [2.75, 3.05) is 7.11 Å². The van der Waals surface area contributed by atoms with Gasteiger partial charge in [-0.25, -0.2) is 0 Å². The first-order valence-electron chi connectivity index (χ1n) is 11.6. The highest BCUT2D eigenvalue weighted by Crippen LogP contribution is 2.48. The van der Waals surface area contributed by atoms with Crippen molar-refractivity contribution in [1.29, 1.82) is 0 Å². The molecule has 0 amide bonds. The van der Waals surface area contributed by atoms with Crippen molar-refractivity contribution in [2.24, 2.45) is 11.8 Å². The number of benzene rings is 1. The standard InChI is InChI=1S/C26H39ClO3/c1-4-5-8-12-24(28)20-14-16-21(17-15-20)26-19(2)18-23(27)22(26)11-9-6-7-10-13-25(29)30-3/h6,9,14-17,19,22-24,26,28H,4-5,7-8,10-13,18H2,1-3H3/b9-6-/t19-,22+,23-,24?,26-/m1/s1. The van der Waals surface area contributed by atoms with Gasteiger partial charge < -0.3 is 9.84 Å². The number of rotatable bonds is 12. The Hall–Kier alpha value is -1.32. The van der Waals surface area contributed by atoms with Crippen LogP contribution in [0, 0.1) is 11.8 Å². The number of halogens is 1. The summed E-state index contributed by atoms with van der Waals surface area (Å²) in [4.78, 5) is 11.2. The lowest BCUT2D eigenvalue weighted by Gasteiger charge is -2.24. The predicted octanol–water partition coefficient (Wildman–Crippen LogP) is 6.94. The number of methoxy groups -OCH3 is 1. The molecule has 30 heavy (non-hydrogen) atoms. The zero-order chi connectivity index (χ0) is 21.9. The summed E-state index contributed by atoms with van der Waals surface area (Å²) in [6.07, 6.45) is 12.5. The number of ether oxygens (including phenoxy) is 1. The molecule has 1 aliphatic carbocycles. The van der Waals surface area contributed by atoms with Gasteiger partial charge in [-0.05, 0) is 61.0 Å². The zero-order valence-corrected chi connectivity index (χ0v) is 19.6. The van der Waals surface area contributed by atoms with Crippen LogP contribution < -0.4 is 0 Å². The number of carbonyl (C=O) groups excluding carboxylic acids is 1. The van der Waals surface area contributed by atoms with Gasteiger partial charge >= 0.3 is 5.97 Å². The number of aliphatic hydroxyl groups excluding tert-OH is 1. The predicted molar refractivity (Wildman–Crippen MR) is 125 cm³/mol. The fourth-order valence-electron chi connectivity index (χ4n) is 4.73. The normalized spacial score (nSPS) is 25.0. The Balaban J connectivity index is 1.94. The molecule has 0 aliphatic heterocycles. The summed E-state index contributed by atoms with van der Waals surface area (Å²) >= 11 is 6.74. The molecule has 0 bridgehead atoms. The molecular formula is C26H39ClO3. The fourth-order valence-corrected chi connectivity index (χ4v) is 5.27. The molecule has 0 radical (unpaired) electrons. The van der Waals surface area contributed by atoms with Gasteiger partial charge in [-0.2, -0.15) is 0 Å². The van der Waals surface area contributed by atoms with E-state index in [1.54, 1.807) is 0 Å². The maximum atomic E-state index is 11.2. The van der Waals surface area contributed by atoms with Gasteiger partial charge in [-0.15, -0.1) is 11.6 Å². The first-order chi connectivity index (χ1) is 14.5. The van der Waals surface area contributed by atoms with E-state index in [0.717, 1.165) is 44.1 Å². The molecule has 3 nitrogen and oxygen atoms in total. The van der Waals surface area contributed by atoms with Crippen molar-refractivity contribution in [3.8, 4) is 0 Å². The second-order valence-electron chi connectivity index (χ2n) is 8.77. The molecule has 5 atom stereocenters. The Morgan fingerprint density at radius 1 is 1.23 bits per heavy atom. The van der Waals surface area contributed by atoms with Crippen LogP contribution in [0.25, 0.3) is 0 Å². The van der Waals surface area contributed by atoms with Crippen molar-refractivity contribution >= 4 is 17.6 Å². The molecule has 1 aromatic carbocycles. The van der Waals surface area contributed by atoms with E-state index in [-0.39, 0.29) is 17.5 Å². The van der Waals surface area contributed by atoms with Crippen LogP contribution in [0.4, 0.5) is 0 Å². The highest BCUT2D eigenvalue weighted by Gasteiger charge is 2.40. The zero-order valence-electron chi connectivity index (χ0n) is 18.9. The van der Waals surface area contributed by atoms with E-state index < -0.39 is 0 Å². The first-order valence-corrected chi connectivity index (χ1v) is 12.0. The van der Waals surface area contributed by atoms with Gasteiger partial charge in [0.25, 0.3) is 0 Å². The number of unbranched alkanes of at least 4 members (excludes halogenated alkanes) is 3. The number of allylic oxidation sites excluding steroid dienone is 2. The minimum Gasteiger partial charge on any atom is -0.469 e.